The molecule has 0 fully saturated rings. The van der Waals surface area contributed by atoms with Crippen LogP contribution in [0.15, 0.2) is 23.1 Å². The van der Waals surface area contributed by atoms with Gasteiger partial charge in [-0.05, 0) is 52.2 Å². The molecule has 0 radical (unpaired) electrons. The van der Waals surface area contributed by atoms with E-state index in [1.165, 1.54) is 6.07 Å². The number of carbonyl (C=O) groups excluding carboxylic acids is 1. The first-order valence-corrected chi connectivity index (χ1v) is 11.7. The Morgan fingerprint density at radius 3 is 2.16 bits per heavy atom. The molecule has 178 valence electrons. The minimum Gasteiger partial charge on any atom is -0.444 e. The van der Waals surface area contributed by atoms with E-state index >= 15 is 0 Å². The highest BCUT2D eigenvalue weighted by atomic mass is 32.2. The maximum atomic E-state index is 11.4. The first kappa shape index (κ1) is 27.3. The van der Waals surface area contributed by atoms with Crippen LogP contribution in [0, 0.1) is 6.92 Å². The molecule has 0 heterocycles. The number of ether oxygens (including phenoxy) is 4. The molecule has 1 aromatic rings. The van der Waals surface area contributed by atoms with Crippen molar-refractivity contribution >= 4 is 16.2 Å². The van der Waals surface area contributed by atoms with Gasteiger partial charge >= 0.3 is 6.09 Å². The van der Waals surface area contributed by atoms with Crippen molar-refractivity contribution in [3.8, 4) is 0 Å². The lowest BCUT2D eigenvalue weighted by Crippen LogP contribution is -2.34. The molecule has 0 saturated heterocycles. The van der Waals surface area contributed by atoms with Crippen molar-refractivity contribution in [1.82, 2.24) is 5.32 Å². The van der Waals surface area contributed by atoms with Crippen molar-refractivity contribution in [1.29, 1.82) is 0 Å². The maximum absolute atomic E-state index is 11.4. The van der Waals surface area contributed by atoms with Crippen LogP contribution < -0.4 is 5.32 Å². The van der Waals surface area contributed by atoms with Crippen molar-refractivity contribution in [3.63, 3.8) is 0 Å². The van der Waals surface area contributed by atoms with Gasteiger partial charge in [0.15, 0.2) is 0 Å². The molecule has 0 spiro atoms. The molecule has 1 rings (SSSR count). The van der Waals surface area contributed by atoms with Gasteiger partial charge in [0.05, 0.1) is 37.9 Å². The summed E-state index contributed by atoms with van der Waals surface area (Å²) >= 11 is 0. The third kappa shape index (κ3) is 13.3. The molecule has 31 heavy (non-hydrogen) atoms. The summed E-state index contributed by atoms with van der Waals surface area (Å²) in [5.41, 5.74) is 0.991. The molecule has 1 amide bonds. The quantitative estimate of drug-likeness (QED) is 0.320. The highest BCUT2D eigenvalue weighted by Gasteiger charge is 2.16. The first-order valence-electron chi connectivity index (χ1n) is 10.3. The van der Waals surface area contributed by atoms with Crippen LogP contribution in [0.4, 0.5) is 4.79 Å². The topological polar surface area (TPSA) is 120 Å². The van der Waals surface area contributed by atoms with Gasteiger partial charge in [-0.25, -0.2) is 4.79 Å². The molecule has 0 bridgehead atoms. The molecule has 0 aliphatic rings. The molecule has 9 nitrogen and oxygen atoms in total. The summed E-state index contributed by atoms with van der Waals surface area (Å²) in [6.45, 7) is 10.1. The number of amides is 1. The van der Waals surface area contributed by atoms with E-state index in [9.17, 15) is 17.8 Å². The molecule has 0 saturated carbocycles. The Labute approximate surface area is 185 Å². The van der Waals surface area contributed by atoms with Crippen LogP contribution >= 0.6 is 0 Å². The van der Waals surface area contributed by atoms with Crippen molar-refractivity contribution in [2.45, 2.75) is 51.0 Å². The molecule has 0 aliphatic heterocycles. The zero-order valence-electron chi connectivity index (χ0n) is 18.8. The lowest BCUT2D eigenvalue weighted by Gasteiger charge is -2.19. The van der Waals surface area contributed by atoms with Crippen LogP contribution in [0.1, 0.15) is 38.3 Å². The summed E-state index contributed by atoms with van der Waals surface area (Å²) in [7, 11) is -4.23. The number of nitrogens with one attached hydrogen (secondary N) is 1. The predicted octanol–water partition coefficient (Wildman–Crippen LogP) is 2.75. The molecule has 10 heteroatoms. The zero-order valence-corrected chi connectivity index (χ0v) is 19.6. The fourth-order valence-electron chi connectivity index (χ4n) is 2.60. The lowest BCUT2D eigenvalue weighted by molar-refractivity contribution is 0.0136. The van der Waals surface area contributed by atoms with E-state index in [0.717, 1.165) is 5.56 Å². The Balaban J connectivity index is 2.01. The minimum atomic E-state index is -4.23. The molecular formula is C21H35NO8S. The van der Waals surface area contributed by atoms with Gasteiger partial charge in [0.1, 0.15) is 5.60 Å². The van der Waals surface area contributed by atoms with Gasteiger partial charge < -0.3 is 24.3 Å². The molecular weight excluding hydrogens is 426 g/mol. The number of hydrogen-bond acceptors (Lipinski definition) is 7. The molecule has 0 aliphatic carbocycles. The first-order chi connectivity index (χ1) is 14.5. The Morgan fingerprint density at radius 2 is 1.58 bits per heavy atom. The van der Waals surface area contributed by atoms with Gasteiger partial charge in [-0.1, -0.05) is 17.7 Å². The Bertz CT molecular complexity index is 774. The minimum absolute atomic E-state index is 0.0530. The summed E-state index contributed by atoms with van der Waals surface area (Å²) < 4.78 is 53.5. The summed E-state index contributed by atoms with van der Waals surface area (Å²) in [6, 6.07) is 4.83. The fraction of sp³-hybridized carbons (Fsp3) is 0.667. The van der Waals surface area contributed by atoms with Crippen LogP contribution in [0.2, 0.25) is 0 Å². The second-order valence-electron chi connectivity index (χ2n) is 7.96. The normalized spacial score (nSPS) is 12.0. The standard InChI is InChI=1S/C21H35NO8S/c1-17-7-8-19(31(24,25)26)18(16-17)6-5-10-27-12-14-29-15-13-28-11-9-22-20(23)30-21(2,3)4/h7-8,16H,5-6,9-15H2,1-4H3,(H,22,23)(H,24,25,26). The van der Waals surface area contributed by atoms with Gasteiger partial charge in [-0.2, -0.15) is 8.42 Å². The van der Waals surface area contributed by atoms with Gasteiger partial charge in [0, 0.05) is 13.2 Å². The highest BCUT2D eigenvalue weighted by molar-refractivity contribution is 7.85. The lowest BCUT2D eigenvalue weighted by atomic mass is 10.1. The number of carbonyl (C=O) groups is 1. The summed E-state index contributed by atoms with van der Waals surface area (Å²) in [6.07, 6.45) is 0.642. The molecule has 0 aromatic heterocycles. The molecule has 0 atom stereocenters. The van der Waals surface area contributed by atoms with E-state index in [1.807, 2.05) is 6.92 Å². The summed E-state index contributed by atoms with van der Waals surface area (Å²) in [5, 5.41) is 2.60. The van der Waals surface area contributed by atoms with Crippen molar-refractivity contribution in [2.75, 3.05) is 46.2 Å². The molecule has 1 aromatic carbocycles. The predicted molar refractivity (Wildman–Crippen MR) is 116 cm³/mol. The van der Waals surface area contributed by atoms with Crippen molar-refractivity contribution in [3.05, 3.63) is 29.3 Å². The third-order valence-electron chi connectivity index (χ3n) is 3.89. The van der Waals surface area contributed by atoms with E-state index in [1.54, 1.807) is 32.9 Å². The Hall–Kier alpha value is -1.72. The van der Waals surface area contributed by atoms with E-state index in [2.05, 4.69) is 5.32 Å². The van der Waals surface area contributed by atoms with Crippen LogP contribution in [0.25, 0.3) is 0 Å². The zero-order chi connectivity index (χ0) is 23.3. The van der Waals surface area contributed by atoms with E-state index in [4.69, 9.17) is 18.9 Å². The number of hydrogen-bond donors (Lipinski definition) is 2. The Morgan fingerprint density at radius 1 is 1.00 bits per heavy atom. The van der Waals surface area contributed by atoms with Gasteiger partial charge in [-0.3, -0.25) is 4.55 Å². The van der Waals surface area contributed by atoms with Gasteiger partial charge in [0.25, 0.3) is 10.1 Å². The number of aryl methyl sites for hydroxylation is 2. The largest absolute Gasteiger partial charge is 0.444 e. The van der Waals surface area contributed by atoms with Gasteiger partial charge in [-0.15, -0.1) is 0 Å². The van der Waals surface area contributed by atoms with E-state index in [-0.39, 0.29) is 4.90 Å². The van der Waals surface area contributed by atoms with Crippen molar-refractivity contribution < 1.29 is 36.7 Å². The monoisotopic (exact) mass is 461 g/mol. The van der Waals surface area contributed by atoms with Gasteiger partial charge in [0.2, 0.25) is 0 Å². The number of alkyl carbamates (subject to hydrolysis) is 1. The average molecular weight is 462 g/mol. The van der Waals surface area contributed by atoms with Crippen LogP contribution in [-0.2, 0) is 35.5 Å². The smallest absolute Gasteiger partial charge is 0.407 e. The summed E-state index contributed by atoms with van der Waals surface area (Å²) in [5.74, 6) is 0. The van der Waals surface area contributed by atoms with E-state index < -0.39 is 21.8 Å². The second kappa shape index (κ2) is 13.6. The number of benzene rings is 1. The van der Waals surface area contributed by atoms with Crippen LogP contribution in [0.3, 0.4) is 0 Å². The molecule has 2 N–H and O–H groups in total. The summed E-state index contributed by atoms with van der Waals surface area (Å²) in [4.78, 5) is 11.4. The average Bonchev–Trinajstić information content (AvgIpc) is 2.63. The van der Waals surface area contributed by atoms with Crippen molar-refractivity contribution in [2.24, 2.45) is 0 Å². The van der Waals surface area contributed by atoms with Crippen LogP contribution in [0.5, 0.6) is 0 Å². The SMILES string of the molecule is Cc1ccc(S(=O)(=O)O)c(CCCOCCOCCOCCNC(=O)OC(C)(C)C)c1. The third-order valence-corrected chi connectivity index (χ3v) is 4.84. The second-order valence-corrected chi connectivity index (χ2v) is 9.35. The fourth-order valence-corrected chi connectivity index (χ4v) is 3.33. The molecule has 0 unspecified atom stereocenters. The highest BCUT2D eigenvalue weighted by Crippen LogP contribution is 2.18. The number of rotatable bonds is 14. The van der Waals surface area contributed by atoms with E-state index in [0.29, 0.717) is 64.6 Å². The maximum Gasteiger partial charge on any atom is 0.407 e. The van der Waals surface area contributed by atoms with Crippen LogP contribution in [-0.4, -0.2) is 70.9 Å². The Kier molecular flexibility index (Phi) is 12.0.